The fourth-order valence-corrected chi connectivity index (χ4v) is 2.46. The predicted octanol–water partition coefficient (Wildman–Crippen LogP) is 6.82. The van der Waals surface area contributed by atoms with E-state index in [2.05, 4.69) is 13.2 Å². The SMILES string of the molecule is C=C(OCC)/C(F)=C(/F)C(=C)C(C)CCC(C)COc1ccc(C)cc1F. The zero-order chi connectivity index (χ0) is 20.6. The van der Waals surface area contributed by atoms with E-state index >= 15 is 0 Å². The Kier molecular flexibility index (Phi) is 9.19. The number of benzene rings is 1. The monoisotopic (exact) mass is 382 g/mol. The van der Waals surface area contributed by atoms with Gasteiger partial charge in [-0.2, -0.15) is 4.39 Å². The lowest BCUT2D eigenvalue weighted by Gasteiger charge is -2.18. The van der Waals surface area contributed by atoms with E-state index in [0.717, 1.165) is 5.56 Å². The van der Waals surface area contributed by atoms with Gasteiger partial charge in [0.25, 0.3) is 0 Å². The highest BCUT2D eigenvalue weighted by Crippen LogP contribution is 2.30. The molecule has 1 aromatic carbocycles. The highest BCUT2D eigenvalue weighted by Gasteiger charge is 2.19. The molecular weight excluding hydrogens is 353 g/mol. The van der Waals surface area contributed by atoms with Crippen molar-refractivity contribution in [1.82, 2.24) is 0 Å². The Balaban J connectivity index is 2.52. The Morgan fingerprint density at radius 3 is 2.37 bits per heavy atom. The molecule has 1 aromatic rings. The molecule has 0 saturated heterocycles. The van der Waals surface area contributed by atoms with Crippen molar-refractivity contribution in [2.45, 2.75) is 40.5 Å². The molecule has 5 heteroatoms. The summed E-state index contributed by atoms with van der Waals surface area (Å²) in [5, 5.41) is 0. The highest BCUT2D eigenvalue weighted by atomic mass is 19.2. The van der Waals surface area contributed by atoms with Crippen molar-refractivity contribution in [3.8, 4) is 5.75 Å². The van der Waals surface area contributed by atoms with Crippen LogP contribution in [0.15, 0.2) is 54.3 Å². The summed E-state index contributed by atoms with van der Waals surface area (Å²) < 4.78 is 52.3. The van der Waals surface area contributed by atoms with Crippen LogP contribution in [0, 0.1) is 24.6 Å². The third-order valence-electron chi connectivity index (χ3n) is 4.34. The maximum absolute atomic E-state index is 14.2. The van der Waals surface area contributed by atoms with Gasteiger partial charge in [-0.05, 0) is 61.8 Å². The van der Waals surface area contributed by atoms with E-state index in [1.54, 1.807) is 26.0 Å². The largest absolute Gasteiger partial charge is 0.491 e. The van der Waals surface area contributed by atoms with Gasteiger partial charge in [-0.1, -0.05) is 33.1 Å². The number of halogens is 3. The topological polar surface area (TPSA) is 18.5 Å². The van der Waals surface area contributed by atoms with Gasteiger partial charge in [0.2, 0.25) is 0 Å². The average molecular weight is 382 g/mol. The summed E-state index contributed by atoms with van der Waals surface area (Å²) in [5.41, 5.74) is 0.903. The van der Waals surface area contributed by atoms with Crippen LogP contribution in [0.5, 0.6) is 5.75 Å². The number of ether oxygens (including phenoxy) is 2. The van der Waals surface area contributed by atoms with E-state index in [0.29, 0.717) is 19.4 Å². The van der Waals surface area contributed by atoms with Crippen molar-refractivity contribution in [3.63, 3.8) is 0 Å². The van der Waals surface area contributed by atoms with Crippen LogP contribution in [0.25, 0.3) is 0 Å². The van der Waals surface area contributed by atoms with Crippen molar-refractivity contribution < 1.29 is 22.6 Å². The molecule has 0 aliphatic carbocycles. The van der Waals surface area contributed by atoms with Gasteiger partial charge in [0.05, 0.1) is 13.2 Å². The van der Waals surface area contributed by atoms with Crippen molar-refractivity contribution in [1.29, 1.82) is 0 Å². The second kappa shape index (κ2) is 10.9. The number of aryl methyl sites for hydroxylation is 1. The summed E-state index contributed by atoms with van der Waals surface area (Å²) >= 11 is 0. The zero-order valence-electron chi connectivity index (χ0n) is 16.6. The lowest BCUT2D eigenvalue weighted by Crippen LogP contribution is -2.11. The molecule has 0 aromatic heterocycles. The summed E-state index contributed by atoms with van der Waals surface area (Å²) in [5.74, 6) is -2.77. The van der Waals surface area contributed by atoms with Gasteiger partial charge in [-0.25, -0.2) is 8.78 Å². The Labute approximate surface area is 160 Å². The van der Waals surface area contributed by atoms with E-state index in [4.69, 9.17) is 9.47 Å². The summed E-state index contributed by atoms with van der Waals surface area (Å²) in [4.78, 5) is 0. The van der Waals surface area contributed by atoms with E-state index < -0.39 is 11.7 Å². The van der Waals surface area contributed by atoms with E-state index in [-0.39, 0.29) is 41.3 Å². The highest BCUT2D eigenvalue weighted by molar-refractivity contribution is 5.33. The standard InChI is InChI=1S/C22H29F3O2/c1-7-26-18(6)22(25)21(24)17(5)16(4)10-8-15(3)13-27-20-11-9-14(2)12-19(20)23/h9,11-12,15-16H,5-8,10,13H2,1-4H3/b22-21-. The summed E-state index contributed by atoms with van der Waals surface area (Å²) in [7, 11) is 0. The van der Waals surface area contributed by atoms with Crippen LogP contribution in [0.2, 0.25) is 0 Å². The Morgan fingerprint density at radius 2 is 1.78 bits per heavy atom. The Morgan fingerprint density at radius 1 is 1.11 bits per heavy atom. The number of hydrogen-bond acceptors (Lipinski definition) is 2. The fourth-order valence-electron chi connectivity index (χ4n) is 2.46. The molecule has 2 unspecified atom stereocenters. The lowest BCUT2D eigenvalue weighted by molar-refractivity contribution is 0.223. The third-order valence-corrected chi connectivity index (χ3v) is 4.34. The first-order valence-electron chi connectivity index (χ1n) is 9.12. The lowest BCUT2D eigenvalue weighted by atomic mass is 9.92. The van der Waals surface area contributed by atoms with Gasteiger partial charge >= 0.3 is 0 Å². The second-order valence-electron chi connectivity index (χ2n) is 6.84. The van der Waals surface area contributed by atoms with Gasteiger partial charge < -0.3 is 9.47 Å². The number of hydrogen-bond donors (Lipinski definition) is 0. The molecule has 0 fully saturated rings. The van der Waals surface area contributed by atoms with Crippen molar-refractivity contribution in [2.75, 3.05) is 13.2 Å². The summed E-state index contributed by atoms with van der Waals surface area (Å²) in [6.07, 6.45) is 1.30. The first-order chi connectivity index (χ1) is 12.7. The molecule has 0 aliphatic rings. The number of rotatable bonds is 11. The molecule has 2 atom stereocenters. The average Bonchev–Trinajstić information content (AvgIpc) is 2.63. The van der Waals surface area contributed by atoms with Gasteiger partial charge in [0.1, 0.15) is 0 Å². The minimum Gasteiger partial charge on any atom is -0.491 e. The normalized spacial score (nSPS) is 14.2. The van der Waals surface area contributed by atoms with Crippen LogP contribution < -0.4 is 4.74 Å². The molecule has 150 valence electrons. The van der Waals surface area contributed by atoms with Crippen molar-refractivity contribution in [2.24, 2.45) is 11.8 Å². The van der Waals surface area contributed by atoms with Crippen LogP contribution in [0.1, 0.15) is 39.2 Å². The van der Waals surface area contributed by atoms with Crippen molar-refractivity contribution >= 4 is 0 Å². The first kappa shape index (κ1) is 22.9. The maximum atomic E-state index is 14.2. The molecule has 0 spiro atoms. The van der Waals surface area contributed by atoms with Crippen LogP contribution >= 0.6 is 0 Å². The van der Waals surface area contributed by atoms with Crippen LogP contribution in [-0.4, -0.2) is 13.2 Å². The first-order valence-corrected chi connectivity index (χ1v) is 9.12. The van der Waals surface area contributed by atoms with E-state index in [1.807, 2.05) is 13.8 Å². The Bertz CT molecular complexity index is 695. The molecule has 27 heavy (non-hydrogen) atoms. The predicted molar refractivity (Wildman–Crippen MR) is 103 cm³/mol. The smallest absolute Gasteiger partial charge is 0.200 e. The Hall–Kier alpha value is -2.17. The zero-order valence-corrected chi connectivity index (χ0v) is 16.6. The van der Waals surface area contributed by atoms with Gasteiger partial charge in [-0.3, -0.25) is 0 Å². The molecule has 0 heterocycles. The molecular formula is C22H29F3O2. The second-order valence-corrected chi connectivity index (χ2v) is 6.84. The van der Waals surface area contributed by atoms with Crippen LogP contribution in [0.3, 0.4) is 0 Å². The molecule has 0 N–H and O–H groups in total. The van der Waals surface area contributed by atoms with Crippen LogP contribution in [0.4, 0.5) is 13.2 Å². The minimum atomic E-state index is -1.11. The molecule has 0 amide bonds. The molecule has 0 saturated carbocycles. The molecule has 2 nitrogen and oxygen atoms in total. The quantitative estimate of drug-likeness (QED) is 0.309. The maximum Gasteiger partial charge on any atom is 0.200 e. The molecule has 0 radical (unpaired) electrons. The van der Waals surface area contributed by atoms with E-state index in [9.17, 15) is 13.2 Å². The molecule has 0 aliphatic heterocycles. The fraction of sp³-hybridized carbons (Fsp3) is 0.455. The van der Waals surface area contributed by atoms with E-state index in [1.165, 1.54) is 6.07 Å². The number of allylic oxidation sites excluding steroid dienone is 3. The third kappa shape index (κ3) is 7.16. The summed E-state index contributed by atoms with van der Waals surface area (Å²) in [6, 6.07) is 4.82. The molecule has 0 bridgehead atoms. The van der Waals surface area contributed by atoms with Crippen molar-refractivity contribution in [3.05, 3.63) is 65.7 Å². The van der Waals surface area contributed by atoms with Crippen LogP contribution in [-0.2, 0) is 4.74 Å². The molecule has 1 rings (SSSR count). The van der Waals surface area contributed by atoms with Gasteiger partial charge in [0, 0.05) is 0 Å². The summed E-state index contributed by atoms with van der Waals surface area (Å²) in [6.45, 7) is 14.8. The minimum absolute atomic E-state index is 0.0750. The van der Waals surface area contributed by atoms with Gasteiger partial charge in [-0.15, -0.1) is 0 Å². The van der Waals surface area contributed by atoms with Gasteiger partial charge in [0.15, 0.2) is 29.0 Å².